The molecule has 0 spiro atoms. The molecule has 1 aromatic carbocycles. The van der Waals surface area contributed by atoms with E-state index in [-0.39, 0.29) is 0 Å². The highest BCUT2D eigenvalue weighted by atomic mass is 16.5. The van der Waals surface area contributed by atoms with Crippen molar-refractivity contribution >= 4 is 11.7 Å². The van der Waals surface area contributed by atoms with Gasteiger partial charge in [-0.05, 0) is 19.1 Å². The number of methoxy groups -OCH3 is 2. The van der Waals surface area contributed by atoms with Crippen molar-refractivity contribution in [3.05, 3.63) is 23.3 Å². The SMILES string of the molecule is COC(=O)c1ccc(N)c(C)c1OC. The molecule has 0 saturated heterocycles. The fourth-order valence-electron chi connectivity index (χ4n) is 1.24. The second kappa shape index (κ2) is 4.00. The Balaban J connectivity index is 3.31. The van der Waals surface area contributed by atoms with Gasteiger partial charge in [-0.15, -0.1) is 0 Å². The van der Waals surface area contributed by atoms with Crippen molar-refractivity contribution in [3.8, 4) is 5.75 Å². The van der Waals surface area contributed by atoms with Gasteiger partial charge in [-0.2, -0.15) is 0 Å². The minimum atomic E-state index is -0.426. The summed E-state index contributed by atoms with van der Waals surface area (Å²) in [6.07, 6.45) is 0. The molecule has 1 aromatic rings. The molecule has 0 heterocycles. The molecule has 2 N–H and O–H groups in total. The van der Waals surface area contributed by atoms with Gasteiger partial charge in [0, 0.05) is 11.3 Å². The third-order valence-corrected chi connectivity index (χ3v) is 2.06. The Morgan fingerprint density at radius 2 is 2.00 bits per heavy atom. The molecule has 0 aromatic heterocycles. The third-order valence-electron chi connectivity index (χ3n) is 2.06. The van der Waals surface area contributed by atoms with E-state index in [0.29, 0.717) is 17.0 Å². The van der Waals surface area contributed by atoms with Crippen molar-refractivity contribution in [2.45, 2.75) is 6.92 Å². The molecule has 0 aliphatic carbocycles. The molecule has 0 unspecified atom stereocenters. The average molecular weight is 195 g/mol. The molecular formula is C10H13NO3. The first-order valence-electron chi connectivity index (χ1n) is 4.13. The highest BCUT2D eigenvalue weighted by Gasteiger charge is 2.15. The van der Waals surface area contributed by atoms with Crippen molar-refractivity contribution in [3.63, 3.8) is 0 Å². The van der Waals surface area contributed by atoms with E-state index < -0.39 is 5.97 Å². The Hall–Kier alpha value is -1.71. The van der Waals surface area contributed by atoms with Crippen LogP contribution in [0.2, 0.25) is 0 Å². The topological polar surface area (TPSA) is 61.5 Å². The molecule has 14 heavy (non-hydrogen) atoms. The fraction of sp³-hybridized carbons (Fsp3) is 0.300. The Kier molecular flexibility index (Phi) is 2.96. The number of rotatable bonds is 2. The van der Waals surface area contributed by atoms with E-state index in [4.69, 9.17) is 10.5 Å². The van der Waals surface area contributed by atoms with E-state index in [1.807, 2.05) is 0 Å². The maximum atomic E-state index is 11.3. The summed E-state index contributed by atoms with van der Waals surface area (Å²) in [7, 11) is 2.82. The van der Waals surface area contributed by atoms with Crippen molar-refractivity contribution in [1.82, 2.24) is 0 Å². The van der Waals surface area contributed by atoms with Gasteiger partial charge in [0.05, 0.1) is 14.2 Å². The minimum Gasteiger partial charge on any atom is -0.495 e. The van der Waals surface area contributed by atoms with E-state index in [2.05, 4.69) is 4.74 Å². The zero-order valence-corrected chi connectivity index (χ0v) is 8.46. The van der Waals surface area contributed by atoms with Crippen LogP contribution in [0.4, 0.5) is 5.69 Å². The molecule has 0 bridgehead atoms. The van der Waals surface area contributed by atoms with Crippen LogP contribution in [0.3, 0.4) is 0 Å². The lowest BCUT2D eigenvalue weighted by Gasteiger charge is -2.11. The molecule has 76 valence electrons. The summed E-state index contributed by atoms with van der Waals surface area (Å²) < 4.78 is 9.71. The van der Waals surface area contributed by atoms with Gasteiger partial charge in [0.2, 0.25) is 0 Å². The minimum absolute atomic E-state index is 0.390. The number of hydrogen-bond acceptors (Lipinski definition) is 4. The van der Waals surface area contributed by atoms with Gasteiger partial charge in [-0.25, -0.2) is 4.79 Å². The summed E-state index contributed by atoms with van der Waals surface area (Å²) in [6, 6.07) is 3.25. The zero-order chi connectivity index (χ0) is 10.7. The normalized spacial score (nSPS) is 9.64. The van der Waals surface area contributed by atoms with Crippen LogP contribution >= 0.6 is 0 Å². The maximum Gasteiger partial charge on any atom is 0.341 e. The molecule has 0 radical (unpaired) electrons. The number of carbonyl (C=O) groups excluding carboxylic acids is 1. The van der Waals surface area contributed by atoms with Gasteiger partial charge in [-0.1, -0.05) is 0 Å². The van der Waals surface area contributed by atoms with Gasteiger partial charge in [0.15, 0.2) is 0 Å². The van der Waals surface area contributed by atoms with Crippen LogP contribution in [-0.4, -0.2) is 20.2 Å². The van der Waals surface area contributed by atoms with Crippen LogP contribution in [0.1, 0.15) is 15.9 Å². The highest BCUT2D eigenvalue weighted by molar-refractivity contribution is 5.93. The first-order valence-corrected chi connectivity index (χ1v) is 4.13. The average Bonchev–Trinajstić information content (AvgIpc) is 2.20. The number of esters is 1. The molecule has 0 amide bonds. The number of benzene rings is 1. The van der Waals surface area contributed by atoms with Crippen LogP contribution < -0.4 is 10.5 Å². The van der Waals surface area contributed by atoms with Gasteiger partial charge >= 0.3 is 5.97 Å². The summed E-state index contributed by atoms with van der Waals surface area (Å²) in [6.45, 7) is 1.79. The predicted octanol–water partition coefficient (Wildman–Crippen LogP) is 1.37. The molecule has 1 rings (SSSR count). The summed E-state index contributed by atoms with van der Waals surface area (Å²) in [4.78, 5) is 11.3. The van der Waals surface area contributed by atoms with E-state index in [1.54, 1.807) is 19.1 Å². The number of nitrogens with two attached hydrogens (primary N) is 1. The zero-order valence-electron chi connectivity index (χ0n) is 8.46. The quantitative estimate of drug-likeness (QED) is 0.572. The van der Waals surface area contributed by atoms with Crippen LogP contribution in [0.5, 0.6) is 5.75 Å². The number of nitrogen functional groups attached to an aromatic ring is 1. The third kappa shape index (κ3) is 1.64. The number of ether oxygens (including phenoxy) is 2. The van der Waals surface area contributed by atoms with Crippen molar-refractivity contribution < 1.29 is 14.3 Å². The van der Waals surface area contributed by atoms with E-state index in [0.717, 1.165) is 5.56 Å². The van der Waals surface area contributed by atoms with Gasteiger partial charge in [0.1, 0.15) is 11.3 Å². The summed E-state index contributed by atoms with van der Waals surface area (Å²) in [5.41, 5.74) is 7.40. The second-order valence-corrected chi connectivity index (χ2v) is 2.85. The largest absolute Gasteiger partial charge is 0.495 e. The van der Waals surface area contributed by atoms with Gasteiger partial charge in [-0.3, -0.25) is 0 Å². The standard InChI is InChI=1S/C10H13NO3/c1-6-8(11)5-4-7(9(6)13-2)10(12)14-3/h4-5H,11H2,1-3H3. The van der Waals surface area contributed by atoms with Crippen LogP contribution in [0, 0.1) is 6.92 Å². The summed E-state index contributed by atoms with van der Waals surface area (Å²) in [5, 5.41) is 0. The number of anilines is 1. The van der Waals surface area contributed by atoms with Crippen LogP contribution in [0.15, 0.2) is 12.1 Å². The summed E-state index contributed by atoms with van der Waals surface area (Å²) >= 11 is 0. The smallest absolute Gasteiger partial charge is 0.341 e. The first kappa shape index (κ1) is 10.4. The lowest BCUT2D eigenvalue weighted by molar-refractivity contribution is 0.0597. The molecule has 4 nitrogen and oxygen atoms in total. The Morgan fingerprint density at radius 1 is 1.36 bits per heavy atom. The lowest BCUT2D eigenvalue weighted by Crippen LogP contribution is -2.06. The second-order valence-electron chi connectivity index (χ2n) is 2.85. The first-order chi connectivity index (χ1) is 6.61. The molecule has 0 fully saturated rings. The van der Waals surface area contributed by atoms with E-state index in [9.17, 15) is 4.79 Å². The fourth-order valence-corrected chi connectivity index (χ4v) is 1.24. The van der Waals surface area contributed by atoms with Crippen molar-refractivity contribution in [2.75, 3.05) is 20.0 Å². The van der Waals surface area contributed by atoms with Crippen LogP contribution in [-0.2, 0) is 4.74 Å². The molecule has 0 saturated carbocycles. The molecule has 4 heteroatoms. The van der Waals surface area contributed by atoms with Crippen molar-refractivity contribution in [1.29, 1.82) is 0 Å². The van der Waals surface area contributed by atoms with Crippen LogP contribution in [0.25, 0.3) is 0 Å². The highest BCUT2D eigenvalue weighted by Crippen LogP contribution is 2.28. The summed E-state index contributed by atoms with van der Waals surface area (Å²) in [5.74, 6) is 0.0433. The molecular weight excluding hydrogens is 182 g/mol. The molecule has 0 aliphatic rings. The van der Waals surface area contributed by atoms with E-state index >= 15 is 0 Å². The molecule has 0 aliphatic heterocycles. The lowest BCUT2D eigenvalue weighted by atomic mass is 10.1. The van der Waals surface area contributed by atoms with E-state index in [1.165, 1.54) is 14.2 Å². The van der Waals surface area contributed by atoms with Crippen molar-refractivity contribution in [2.24, 2.45) is 0 Å². The maximum absolute atomic E-state index is 11.3. The molecule has 0 atom stereocenters. The Bertz CT molecular complexity index is 361. The van der Waals surface area contributed by atoms with Gasteiger partial charge < -0.3 is 15.2 Å². The number of carbonyl (C=O) groups is 1. The Labute approximate surface area is 82.6 Å². The monoisotopic (exact) mass is 195 g/mol. The predicted molar refractivity (Wildman–Crippen MR) is 53.5 cm³/mol. The van der Waals surface area contributed by atoms with Gasteiger partial charge in [0.25, 0.3) is 0 Å². The Morgan fingerprint density at radius 3 is 2.50 bits per heavy atom. The number of hydrogen-bond donors (Lipinski definition) is 1.